The molecule has 2 amide bonds. The highest BCUT2D eigenvalue weighted by Crippen LogP contribution is 2.28. The van der Waals surface area contributed by atoms with Crippen LogP contribution in [-0.2, 0) is 0 Å². The molecule has 0 spiro atoms. The summed E-state index contributed by atoms with van der Waals surface area (Å²) in [6, 6.07) is 0.616. The molecule has 0 aromatic heterocycles. The zero-order valence-electron chi connectivity index (χ0n) is 12.7. The second-order valence-corrected chi connectivity index (χ2v) is 6.63. The lowest BCUT2D eigenvalue weighted by atomic mass is 9.83. The van der Waals surface area contributed by atoms with E-state index in [2.05, 4.69) is 19.2 Å². The first kappa shape index (κ1) is 14.7. The predicted octanol–water partition coefficient (Wildman–Crippen LogP) is 3.79. The van der Waals surface area contributed by atoms with E-state index in [1.807, 2.05) is 4.90 Å². The number of likely N-dealkylation sites (tertiary alicyclic amines) is 1. The molecule has 2 fully saturated rings. The number of carbonyl (C=O) groups is 1. The highest BCUT2D eigenvalue weighted by atomic mass is 16.2. The van der Waals surface area contributed by atoms with Gasteiger partial charge < -0.3 is 10.2 Å². The summed E-state index contributed by atoms with van der Waals surface area (Å²) < 4.78 is 0. The normalized spacial score (nSPS) is 29.3. The van der Waals surface area contributed by atoms with Crippen LogP contribution in [0.4, 0.5) is 4.79 Å². The smallest absolute Gasteiger partial charge is 0.317 e. The van der Waals surface area contributed by atoms with Gasteiger partial charge in [0.05, 0.1) is 0 Å². The first-order chi connectivity index (χ1) is 9.19. The Morgan fingerprint density at radius 1 is 1.11 bits per heavy atom. The molecule has 0 aromatic rings. The third kappa shape index (κ3) is 4.39. The van der Waals surface area contributed by atoms with E-state index >= 15 is 0 Å². The molecule has 1 aliphatic carbocycles. The van der Waals surface area contributed by atoms with Crippen LogP contribution in [0, 0.1) is 11.8 Å². The highest BCUT2D eigenvalue weighted by Gasteiger charge is 2.25. The van der Waals surface area contributed by atoms with Crippen LogP contribution in [0.5, 0.6) is 0 Å². The number of hydrogen-bond acceptors (Lipinski definition) is 1. The Morgan fingerprint density at radius 3 is 2.32 bits per heavy atom. The fourth-order valence-corrected chi connectivity index (χ4v) is 3.48. The van der Waals surface area contributed by atoms with Gasteiger partial charge in [0.25, 0.3) is 0 Å². The monoisotopic (exact) mass is 266 g/mol. The van der Waals surface area contributed by atoms with Crippen LogP contribution < -0.4 is 5.32 Å². The number of nitrogens with one attached hydrogen (secondary N) is 1. The summed E-state index contributed by atoms with van der Waals surface area (Å²) >= 11 is 0. The molecule has 110 valence electrons. The van der Waals surface area contributed by atoms with Crippen LogP contribution in [0.2, 0.25) is 0 Å². The van der Waals surface area contributed by atoms with E-state index in [1.165, 1.54) is 38.5 Å². The summed E-state index contributed by atoms with van der Waals surface area (Å²) in [7, 11) is 0. The first-order valence-corrected chi connectivity index (χ1v) is 8.24. The second-order valence-electron chi connectivity index (χ2n) is 6.63. The number of nitrogens with zero attached hydrogens (tertiary/aromatic N) is 1. The van der Waals surface area contributed by atoms with Gasteiger partial charge in [-0.05, 0) is 50.4 Å². The van der Waals surface area contributed by atoms with Gasteiger partial charge in [0.15, 0.2) is 0 Å². The van der Waals surface area contributed by atoms with Crippen LogP contribution in [0.15, 0.2) is 0 Å². The third-order valence-corrected chi connectivity index (χ3v) is 4.94. The lowest BCUT2D eigenvalue weighted by molar-refractivity contribution is 0.165. The minimum absolute atomic E-state index is 0.186. The Bertz CT molecular complexity index is 276. The topological polar surface area (TPSA) is 32.3 Å². The summed E-state index contributed by atoms with van der Waals surface area (Å²) in [6.45, 7) is 6.44. The van der Waals surface area contributed by atoms with E-state index in [9.17, 15) is 4.79 Å². The summed E-state index contributed by atoms with van der Waals surface area (Å²) in [5.74, 6) is 1.70. The van der Waals surface area contributed by atoms with Crippen molar-refractivity contribution in [1.82, 2.24) is 10.2 Å². The van der Waals surface area contributed by atoms with Crippen molar-refractivity contribution in [3.05, 3.63) is 0 Å². The van der Waals surface area contributed by atoms with Crippen LogP contribution in [0.25, 0.3) is 0 Å². The lowest BCUT2D eigenvalue weighted by Gasteiger charge is -2.34. The molecule has 1 saturated heterocycles. The minimum Gasteiger partial charge on any atom is -0.335 e. The Hall–Kier alpha value is -0.730. The quantitative estimate of drug-likeness (QED) is 0.828. The summed E-state index contributed by atoms with van der Waals surface area (Å²) in [4.78, 5) is 14.2. The molecule has 1 aliphatic heterocycles. The van der Waals surface area contributed by atoms with Gasteiger partial charge in [-0.2, -0.15) is 0 Å². The fraction of sp³-hybridized carbons (Fsp3) is 0.938. The highest BCUT2D eigenvalue weighted by molar-refractivity contribution is 5.74. The number of piperidine rings is 1. The average Bonchev–Trinajstić information content (AvgIpc) is 2.42. The summed E-state index contributed by atoms with van der Waals surface area (Å²) in [6.07, 6.45) is 9.96. The maximum Gasteiger partial charge on any atom is 0.317 e. The molecule has 3 nitrogen and oxygen atoms in total. The summed E-state index contributed by atoms with van der Waals surface area (Å²) in [5, 5.41) is 3.25. The van der Waals surface area contributed by atoms with Gasteiger partial charge in [-0.1, -0.05) is 26.7 Å². The lowest BCUT2D eigenvalue weighted by Crippen LogP contribution is -2.48. The molecule has 0 unspecified atom stereocenters. The first-order valence-electron chi connectivity index (χ1n) is 8.24. The zero-order chi connectivity index (χ0) is 13.7. The Kier molecular flexibility index (Phi) is 5.53. The summed E-state index contributed by atoms with van der Waals surface area (Å²) in [5.41, 5.74) is 0. The molecule has 1 saturated carbocycles. The molecular weight excluding hydrogens is 236 g/mol. The molecule has 0 atom stereocenters. The van der Waals surface area contributed by atoms with Crippen LogP contribution in [-0.4, -0.2) is 30.1 Å². The number of carbonyl (C=O) groups excluding carboxylic acids is 1. The molecule has 19 heavy (non-hydrogen) atoms. The van der Waals surface area contributed by atoms with Gasteiger partial charge in [0.1, 0.15) is 0 Å². The number of rotatable bonds is 3. The van der Waals surface area contributed by atoms with Gasteiger partial charge in [0, 0.05) is 19.1 Å². The molecule has 1 N–H and O–H groups in total. The van der Waals surface area contributed by atoms with E-state index in [-0.39, 0.29) is 6.03 Å². The predicted molar refractivity (Wildman–Crippen MR) is 79.2 cm³/mol. The molecule has 2 aliphatic rings. The molecule has 1 heterocycles. The van der Waals surface area contributed by atoms with E-state index in [0.717, 1.165) is 37.8 Å². The van der Waals surface area contributed by atoms with E-state index in [4.69, 9.17) is 0 Å². The van der Waals surface area contributed by atoms with Crippen LogP contribution in [0.3, 0.4) is 0 Å². The second kappa shape index (κ2) is 7.16. The van der Waals surface area contributed by atoms with Crippen molar-refractivity contribution in [2.45, 2.75) is 71.3 Å². The minimum atomic E-state index is 0.186. The molecule has 0 bridgehead atoms. The van der Waals surface area contributed by atoms with E-state index < -0.39 is 0 Å². The van der Waals surface area contributed by atoms with Gasteiger partial charge in [-0.3, -0.25) is 0 Å². The maximum atomic E-state index is 12.2. The van der Waals surface area contributed by atoms with Crippen molar-refractivity contribution in [1.29, 1.82) is 0 Å². The van der Waals surface area contributed by atoms with Crippen molar-refractivity contribution in [2.75, 3.05) is 13.1 Å². The van der Waals surface area contributed by atoms with E-state index in [0.29, 0.717) is 6.04 Å². The van der Waals surface area contributed by atoms with Crippen LogP contribution >= 0.6 is 0 Å². The van der Waals surface area contributed by atoms with Gasteiger partial charge in [-0.25, -0.2) is 4.79 Å². The fourth-order valence-electron chi connectivity index (χ4n) is 3.48. The molecule has 2 rings (SSSR count). The molecular formula is C16H30N2O. The molecule has 3 heteroatoms. The van der Waals surface area contributed by atoms with Crippen molar-refractivity contribution >= 4 is 6.03 Å². The number of amides is 2. The van der Waals surface area contributed by atoms with Gasteiger partial charge in [0.2, 0.25) is 0 Å². The molecule has 0 radical (unpaired) electrons. The van der Waals surface area contributed by atoms with Crippen molar-refractivity contribution < 1.29 is 4.79 Å². The largest absolute Gasteiger partial charge is 0.335 e. The Balaban J connectivity index is 1.69. The van der Waals surface area contributed by atoms with Crippen molar-refractivity contribution in [3.8, 4) is 0 Å². The Morgan fingerprint density at radius 2 is 1.74 bits per heavy atom. The molecule has 0 aromatic carbocycles. The average molecular weight is 266 g/mol. The van der Waals surface area contributed by atoms with Crippen LogP contribution in [0.1, 0.15) is 65.2 Å². The third-order valence-electron chi connectivity index (χ3n) is 4.94. The zero-order valence-corrected chi connectivity index (χ0v) is 12.7. The number of hydrogen-bond donors (Lipinski definition) is 1. The number of urea groups is 1. The standard InChI is InChI=1S/C16H30N2O/c1-3-4-14-5-7-15(8-6-14)17-16(19)18-11-9-13(2)10-12-18/h13-15H,3-12H2,1-2H3,(H,17,19). The maximum absolute atomic E-state index is 12.2. The van der Waals surface area contributed by atoms with E-state index in [1.54, 1.807) is 0 Å². The Labute approximate surface area is 118 Å². The SMILES string of the molecule is CCCC1CCC(NC(=O)N2CCC(C)CC2)CC1. The van der Waals surface area contributed by atoms with Crippen molar-refractivity contribution in [2.24, 2.45) is 11.8 Å². The van der Waals surface area contributed by atoms with Gasteiger partial charge in [-0.15, -0.1) is 0 Å². The van der Waals surface area contributed by atoms with Crippen molar-refractivity contribution in [3.63, 3.8) is 0 Å². The van der Waals surface area contributed by atoms with Gasteiger partial charge >= 0.3 is 6.03 Å².